The molecule has 112 valence electrons. The van der Waals surface area contributed by atoms with Crippen LogP contribution in [-0.4, -0.2) is 35.8 Å². The minimum atomic E-state index is -0.340. The van der Waals surface area contributed by atoms with Crippen LogP contribution in [0.3, 0.4) is 0 Å². The monoisotopic (exact) mass is 278 g/mol. The van der Waals surface area contributed by atoms with Gasteiger partial charge in [-0.25, -0.2) is 0 Å². The Morgan fingerprint density at radius 2 is 2.20 bits per heavy atom. The van der Waals surface area contributed by atoms with Gasteiger partial charge in [0.15, 0.2) is 0 Å². The van der Waals surface area contributed by atoms with Gasteiger partial charge < -0.3 is 10.2 Å². The van der Waals surface area contributed by atoms with Crippen LogP contribution >= 0.6 is 0 Å². The Morgan fingerprint density at radius 1 is 1.40 bits per heavy atom. The zero-order valence-electron chi connectivity index (χ0n) is 12.7. The lowest BCUT2D eigenvalue weighted by Crippen LogP contribution is -2.48. The van der Waals surface area contributed by atoms with Crippen LogP contribution in [0.4, 0.5) is 0 Å². The first-order valence-corrected chi connectivity index (χ1v) is 7.88. The summed E-state index contributed by atoms with van der Waals surface area (Å²) < 4.78 is 0. The summed E-state index contributed by atoms with van der Waals surface area (Å²) in [5.41, 5.74) is 1.47. The maximum atomic E-state index is 12.6. The quantitative estimate of drug-likeness (QED) is 0.784. The van der Waals surface area contributed by atoms with E-state index in [4.69, 9.17) is 0 Å². The molecule has 0 aromatic rings. The Kier molecular flexibility index (Phi) is 5.21. The van der Waals surface area contributed by atoms with Crippen LogP contribution in [-0.2, 0) is 9.59 Å². The standard InChI is InChI=1S/C16H26N2O2/c1-3-12(2)15-16(20)18(11-9-14(19)17-15)10-8-13-6-4-5-7-13/h6,12,15H,3-5,7-11H2,1-2H3,(H,17,19). The van der Waals surface area contributed by atoms with Crippen molar-refractivity contribution in [2.75, 3.05) is 13.1 Å². The van der Waals surface area contributed by atoms with Crippen LogP contribution in [0.2, 0.25) is 0 Å². The number of carbonyl (C=O) groups excluding carboxylic acids is 2. The fourth-order valence-electron chi connectivity index (χ4n) is 2.94. The number of hydrogen-bond donors (Lipinski definition) is 1. The minimum absolute atomic E-state index is 0.00577. The summed E-state index contributed by atoms with van der Waals surface area (Å²) in [5.74, 6) is 0.299. The summed E-state index contributed by atoms with van der Waals surface area (Å²) in [6.45, 7) is 5.41. The predicted octanol–water partition coefficient (Wildman–Crippen LogP) is 2.25. The van der Waals surface area contributed by atoms with Crippen molar-refractivity contribution < 1.29 is 9.59 Å². The van der Waals surface area contributed by atoms with Crippen molar-refractivity contribution in [2.24, 2.45) is 5.92 Å². The van der Waals surface area contributed by atoms with Gasteiger partial charge in [-0.2, -0.15) is 0 Å². The second-order valence-corrected chi connectivity index (χ2v) is 6.01. The lowest BCUT2D eigenvalue weighted by Gasteiger charge is -2.27. The van der Waals surface area contributed by atoms with E-state index < -0.39 is 0 Å². The highest BCUT2D eigenvalue weighted by atomic mass is 16.2. The van der Waals surface area contributed by atoms with Crippen LogP contribution in [0, 0.1) is 5.92 Å². The molecule has 2 rings (SSSR count). The fraction of sp³-hybridized carbons (Fsp3) is 0.750. The molecule has 1 aliphatic heterocycles. The summed E-state index contributed by atoms with van der Waals surface area (Å²) in [5, 5.41) is 2.89. The Labute approximate surface area is 121 Å². The molecule has 0 aromatic heterocycles. The normalized spacial score (nSPS) is 25.2. The summed E-state index contributed by atoms with van der Waals surface area (Å²) in [6.07, 6.45) is 8.20. The summed E-state index contributed by atoms with van der Waals surface area (Å²) in [7, 11) is 0. The topological polar surface area (TPSA) is 49.4 Å². The highest BCUT2D eigenvalue weighted by Crippen LogP contribution is 2.22. The molecule has 4 heteroatoms. The van der Waals surface area contributed by atoms with Crippen molar-refractivity contribution in [2.45, 2.75) is 58.4 Å². The van der Waals surface area contributed by atoms with E-state index in [0.29, 0.717) is 13.0 Å². The molecule has 0 saturated carbocycles. The molecule has 1 aliphatic carbocycles. The third-order valence-electron chi connectivity index (χ3n) is 4.55. The number of nitrogens with zero attached hydrogens (tertiary/aromatic N) is 1. The zero-order valence-corrected chi connectivity index (χ0v) is 12.7. The summed E-state index contributed by atoms with van der Waals surface area (Å²) in [6, 6.07) is -0.340. The van der Waals surface area contributed by atoms with Crippen molar-refractivity contribution in [1.29, 1.82) is 0 Å². The van der Waals surface area contributed by atoms with Gasteiger partial charge in [0.05, 0.1) is 0 Å². The second-order valence-electron chi connectivity index (χ2n) is 6.01. The first kappa shape index (κ1) is 15.1. The van der Waals surface area contributed by atoms with Gasteiger partial charge in [0.2, 0.25) is 11.8 Å². The van der Waals surface area contributed by atoms with E-state index in [9.17, 15) is 9.59 Å². The van der Waals surface area contributed by atoms with Crippen molar-refractivity contribution in [1.82, 2.24) is 10.2 Å². The smallest absolute Gasteiger partial charge is 0.245 e. The van der Waals surface area contributed by atoms with Crippen molar-refractivity contribution in [3.63, 3.8) is 0 Å². The molecule has 4 nitrogen and oxygen atoms in total. The Hall–Kier alpha value is -1.32. The summed E-state index contributed by atoms with van der Waals surface area (Å²) >= 11 is 0. The molecule has 2 aliphatic rings. The van der Waals surface area contributed by atoms with E-state index in [1.165, 1.54) is 24.8 Å². The first-order valence-electron chi connectivity index (χ1n) is 7.88. The Balaban J connectivity index is 1.99. The van der Waals surface area contributed by atoms with E-state index in [0.717, 1.165) is 19.4 Å². The van der Waals surface area contributed by atoms with Crippen LogP contribution < -0.4 is 5.32 Å². The molecule has 0 aromatic carbocycles. The largest absolute Gasteiger partial charge is 0.344 e. The van der Waals surface area contributed by atoms with Crippen molar-refractivity contribution in [3.05, 3.63) is 11.6 Å². The fourth-order valence-corrected chi connectivity index (χ4v) is 2.94. The molecule has 2 unspecified atom stereocenters. The van der Waals surface area contributed by atoms with Crippen LogP contribution in [0.25, 0.3) is 0 Å². The Morgan fingerprint density at radius 3 is 2.85 bits per heavy atom. The third kappa shape index (κ3) is 3.62. The highest BCUT2D eigenvalue weighted by molar-refractivity contribution is 5.90. The maximum absolute atomic E-state index is 12.6. The number of carbonyl (C=O) groups is 2. The molecule has 20 heavy (non-hydrogen) atoms. The number of amides is 2. The van der Waals surface area contributed by atoms with Gasteiger partial charge in [0.25, 0.3) is 0 Å². The molecule has 0 spiro atoms. The Bertz CT molecular complexity index is 403. The number of nitrogens with one attached hydrogen (secondary N) is 1. The van der Waals surface area contributed by atoms with Crippen molar-refractivity contribution in [3.8, 4) is 0 Å². The number of allylic oxidation sites excluding steroid dienone is 1. The molecule has 0 radical (unpaired) electrons. The van der Waals surface area contributed by atoms with Gasteiger partial charge in [-0.05, 0) is 31.6 Å². The second kappa shape index (κ2) is 6.91. The average molecular weight is 278 g/mol. The average Bonchev–Trinajstić information content (AvgIpc) is 2.91. The van der Waals surface area contributed by atoms with Gasteiger partial charge in [0.1, 0.15) is 6.04 Å². The zero-order chi connectivity index (χ0) is 14.5. The number of hydrogen-bond acceptors (Lipinski definition) is 2. The number of rotatable bonds is 5. The molecule has 1 saturated heterocycles. The predicted molar refractivity (Wildman–Crippen MR) is 79.1 cm³/mol. The van der Waals surface area contributed by atoms with Crippen LogP contribution in [0.1, 0.15) is 52.4 Å². The van der Waals surface area contributed by atoms with Gasteiger partial charge in [-0.1, -0.05) is 31.9 Å². The maximum Gasteiger partial charge on any atom is 0.245 e. The van der Waals surface area contributed by atoms with E-state index >= 15 is 0 Å². The van der Waals surface area contributed by atoms with Crippen molar-refractivity contribution >= 4 is 11.8 Å². The van der Waals surface area contributed by atoms with Crippen LogP contribution in [0.5, 0.6) is 0 Å². The van der Waals surface area contributed by atoms with Crippen LogP contribution in [0.15, 0.2) is 11.6 Å². The van der Waals surface area contributed by atoms with E-state index in [1.807, 2.05) is 11.8 Å². The molecular weight excluding hydrogens is 252 g/mol. The van der Waals surface area contributed by atoms with Gasteiger partial charge in [-0.15, -0.1) is 0 Å². The molecule has 0 bridgehead atoms. The first-order chi connectivity index (χ1) is 9.61. The SMILES string of the molecule is CCC(C)C1NC(=O)CCN(CCC2=CCCC2)C1=O. The van der Waals surface area contributed by atoms with Gasteiger partial charge >= 0.3 is 0 Å². The summed E-state index contributed by atoms with van der Waals surface area (Å²) in [4.78, 5) is 26.2. The highest BCUT2D eigenvalue weighted by Gasteiger charge is 2.32. The van der Waals surface area contributed by atoms with E-state index in [1.54, 1.807) is 0 Å². The lowest BCUT2D eigenvalue weighted by atomic mass is 9.98. The molecule has 1 heterocycles. The molecule has 1 N–H and O–H groups in total. The molecular formula is C16H26N2O2. The molecule has 1 fully saturated rings. The molecule has 2 amide bonds. The van der Waals surface area contributed by atoms with Gasteiger partial charge in [-0.3, -0.25) is 9.59 Å². The third-order valence-corrected chi connectivity index (χ3v) is 4.55. The van der Waals surface area contributed by atoms with E-state index in [2.05, 4.69) is 18.3 Å². The minimum Gasteiger partial charge on any atom is -0.344 e. The van der Waals surface area contributed by atoms with Gasteiger partial charge in [0, 0.05) is 19.5 Å². The lowest BCUT2D eigenvalue weighted by molar-refractivity contribution is -0.134. The van der Waals surface area contributed by atoms with E-state index in [-0.39, 0.29) is 23.8 Å². The molecule has 2 atom stereocenters.